The van der Waals surface area contributed by atoms with E-state index in [9.17, 15) is 10.2 Å². The number of aliphatic hydroxyl groups excluding tert-OH is 2. The molecule has 0 aromatic heterocycles. The Hall–Kier alpha value is -0.600. The molecule has 2 N–H and O–H groups in total. The predicted molar refractivity (Wildman–Crippen MR) is 92.9 cm³/mol. The quantitative estimate of drug-likeness (QED) is 0.711. The fraction of sp³-hybridized carbons (Fsp3) is 0.810. The third-order valence-electron chi connectivity index (χ3n) is 8.26. The topological polar surface area (TPSA) is 40.5 Å². The third-order valence-corrected chi connectivity index (χ3v) is 8.26. The molecule has 0 amide bonds. The Balaban J connectivity index is 1.66. The molecule has 6 unspecified atom stereocenters. The van der Waals surface area contributed by atoms with Crippen LogP contribution in [0.4, 0.5) is 0 Å². The molecule has 3 saturated carbocycles. The van der Waals surface area contributed by atoms with E-state index in [2.05, 4.69) is 26.0 Å². The molecule has 4 rings (SSSR count). The molecule has 3 fully saturated rings. The van der Waals surface area contributed by atoms with Gasteiger partial charge in [-0.3, -0.25) is 0 Å². The zero-order chi connectivity index (χ0) is 16.2. The van der Waals surface area contributed by atoms with Crippen molar-refractivity contribution in [2.45, 2.75) is 71.3 Å². The van der Waals surface area contributed by atoms with Crippen LogP contribution in [0.15, 0.2) is 23.3 Å². The van der Waals surface area contributed by atoms with Crippen molar-refractivity contribution in [3.8, 4) is 0 Å². The number of rotatable bonds is 1. The van der Waals surface area contributed by atoms with Gasteiger partial charge in [0.1, 0.15) is 0 Å². The first kappa shape index (κ1) is 15.9. The second-order valence-corrected chi connectivity index (χ2v) is 9.06. The minimum absolute atomic E-state index is 0.106. The average molecular weight is 316 g/mol. The summed E-state index contributed by atoms with van der Waals surface area (Å²) in [5.74, 6) is 2.41. The summed E-state index contributed by atoms with van der Waals surface area (Å²) in [7, 11) is 0. The van der Waals surface area contributed by atoms with Crippen molar-refractivity contribution in [2.75, 3.05) is 6.61 Å². The molecule has 0 bridgehead atoms. The lowest BCUT2D eigenvalue weighted by Gasteiger charge is -2.57. The maximum atomic E-state index is 10.1. The fourth-order valence-corrected chi connectivity index (χ4v) is 6.94. The van der Waals surface area contributed by atoms with Gasteiger partial charge in [0.15, 0.2) is 0 Å². The number of hydrogen-bond donors (Lipinski definition) is 2. The van der Waals surface area contributed by atoms with Gasteiger partial charge in [-0.25, -0.2) is 0 Å². The standard InChI is InChI=1S/C21H32O2/c1-20-11-8-19-17(18(20)6-4-14(20)9-12-22)5-3-15-13-16(23)7-10-21(15,19)2/h3,9,16-19,22-23H,4-8,10-13H2,1-2H3. The Labute approximate surface area is 140 Å². The van der Waals surface area contributed by atoms with Crippen LogP contribution in [0.2, 0.25) is 0 Å². The molecular formula is C21H32O2. The Morgan fingerprint density at radius 3 is 2.65 bits per heavy atom. The van der Waals surface area contributed by atoms with Crippen LogP contribution in [-0.4, -0.2) is 22.9 Å². The number of aliphatic hydroxyl groups is 2. The summed E-state index contributed by atoms with van der Waals surface area (Å²) in [6.07, 6.45) is 13.9. The molecule has 0 aromatic rings. The SMILES string of the molecule is CC12CCC3C(CC=C4CC(O)CCC43C)C1CCC2=CCO. The zero-order valence-corrected chi connectivity index (χ0v) is 14.7. The van der Waals surface area contributed by atoms with E-state index in [0.717, 1.165) is 30.6 Å². The fourth-order valence-electron chi connectivity index (χ4n) is 6.94. The summed E-state index contributed by atoms with van der Waals surface area (Å²) in [5.41, 5.74) is 3.76. The second-order valence-electron chi connectivity index (χ2n) is 9.06. The van der Waals surface area contributed by atoms with Crippen molar-refractivity contribution in [1.29, 1.82) is 0 Å². The highest BCUT2D eigenvalue weighted by atomic mass is 16.3. The number of allylic oxidation sites excluding steroid dienone is 2. The first-order valence-corrected chi connectivity index (χ1v) is 9.67. The lowest BCUT2D eigenvalue weighted by Crippen LogP contribution is -2.49. The average Bonchev–Trinajstić information content (AvgIpc) is 2.85. The molecule has 0 spiro atoms. The Morgan fingerprint density at radius 1 is 1.13 bits per heavy atom. The van der Waals surface area contributed by atoms with Crippen LogP contribution in [0.1, 0.15) is 65.2 Å². The predicted octanol–water partition coefficient (Wildman–Crippen LogP) is 4.23. The molecule has 128 valence electrons. The van der Waals surface area contributed by atoms with E-state index in [4.69, 9.17) is 0 Å². The van der Waals surface area contributed by atoms with Crippen LogP contribution < -0.4 is 0 Å². The van der Waals surface area contributed by atoms with Crippen LogP contribution in [-0.2, 0) is 0 Å². The van der Waals surface area contributed by atoms with Crippen molar-refractivity contribution >= 4 is 0 Å². The monoisotopic (exact) mass is 316 g/mol. The molecular weight excluding hydrogens is 284 g/mol. The number of hydrogen-bond acceptors (Lipinski definition) is 2. The van der Waals surface area contributed by atoms with Crippen molar-refractivity contribution < 1.29 is 10.2 Å². The summed E-state index contributed by atoms with van der Waals surface area (Å²) >= 11 is 0. The van der Waals surface area contributed by atoms with E-state index in [1.807, 2.05) is 0 Å². The van der Waals surface area contributed by atoms with E-state index >= 15 is 0 Å². The molecule has 6 atom stereocenters. The molecule has 2 nitrogen and oxygen atoms in total. The van der Waals surface area contributed by atoms with Gasteiger partial charge in [0.25, 0.3) is 0 Å². The van der Waals surface area contributed by atoms with Gasteiger partial charge >= 0.3 is 0 Å². The number of fused-ring (bicyclic) bond motifs is 5. The first-order chi connectivity index (χ1) is 11.0. The van der Waals surface area contributed by atoms with Crippen LogP contribution in [0, 0.1) is 28.6 Å². The Morgan fingerprint density at radius 2 is 1.87 bits per heavy atom. The molecule has 2 heteroatoms. The Bertz CT molecular complexity index is 548. The largest absolute Gasteiger partial charge is 0.393 e. The van der Waals surface area contributed by atoms with Crippen LogP contribution in [0.5, 0.6) is 0 Å². The van der Waals surface area contributed by atoms with Crippen molar-refractivity contribution in [3.63, 3.8) is 0 Å². The van der Waals surface area contributed by atoms with Gasteiger partial charge in [-0.05, 0) is 80.0 Å². The zero-order valence-electron chi connectivity index (χ0n) is 14.7. The molecule has 0 saturated heterocycles. The van der Waals surface area contributed by atoms with E-state index in [1.54, 1.807) is 5.57 Å². The minimum atomic E-state index is -0.106. The summed E-state index contributed by atoms with van der Waals surface area (Å²) in [6, 6.07) is 0. The lowest BCUT2D eigenvalue weighted by molar-refractivity contribution is -0.0269. The van der Waals surface area contributed by atoms with E-state index in [0.29, 0.717) is 10.8 Å². The highest BCUT2D eigenvalue weighted by Gasteiger charge is 2.56. The molecule has 0 aliphatic heterocycles. The van der Waals surface area contributed by atoms with E-state index < -0.39 is 0 Å². The smallest absolute Gasteiger partial charge is 0.0615 e. The van der Waals surface area contributed by atoms with Gasteiger partial charge in [-0.15, -0.1) is 0 Å². The summed E-state index contributed by atoms with van der Waals surface area (Å²) in [4.78, 5) is 0. The molecule has 4 aliphatic rings. The second kappa shape index (κ2) is 5.46. The third kappa shape index (κ3) is 2.21. The molecule has 0 radical (unpaired) electrons. The molecule has 4 aliphatic carbocycles. The normalized spacial score (nSPS) is 51.0. The molecule has 0 heterocycles. The van der Waals surface area contributed by atoms with Crippen LogP contribution in [0.3, 0.4) is 0 Å². The van der Waals surface area contributed by atoms with Gasteiger partial charge in [0.2, 0.25) is 0 Å². The Kier molecular flexibility index (Phi) is 3.77. The summed E-state index contributed by atoms with van der Waals surface area (Å²) in [6.45, 7) is 5.16. The maximum absolute atomic E-state index is 10.1. The van der Waals surface area contributed by atoms with E-state index in [-0.39, 0.29) is 12.7 Å². The molecule has 23 heavy (non-hydrogen) atoms. The minimum Gasteiger partial charge on any atom is -0.393 e. The van der Waals surface area contributed by atoms with Crippen LogP contribution >= 0.6 is 0 Å². The molecule has 0 aromatic carbocycles. The van der Waals surface area contributed by atoms with Crippen molar-refractivity contribution in [1.82, 2.24) is 0 Å². The van der Waals surface area contributed by atoms with Crippen LogP contribution in [0.25, 0.3) is 0 Å². The highest BCUT2D eigenvalue weighted by Crippen LogP contribution is 2.66. The van der Waals surface area contributed by atoms with Crippen molar-refractivity contribution in [2.24, 2.45) is 28.6 Å². The lowest BCUT2D eigenvalue weighted by atomic mass is 9.48. The van der Waals surface area contributed by atoms with Gasteiger partial charge in [0, 0.05) is 0 Å². The summed E-state index contributed by atoms with van der Waals surface area (Å²) in [5, 5.41) is 19.4. The van der Waals surface area contributed by atoms with Gasteiger partial charge in [-0.1, -0.05) is 37.1 Å². The highest BCUT2D eigenvalue weighted by molar-refractivity contribution is 5.29. The first-order valence-electron chi connectivity index (χ1n) is 9.67. The van der Waals surface area contributed by atoms with Gasteiger partial charge in [0.05, 0.1) is 12.7 Å². The van der Waals surface area contributed by atoms with Gasteiger partial charge in [-0.2, -0.15) is 0 Å². The van der Waals surface area contributed by atoms with Crippen molar-refractivity contribution in [3.05, 3.63) is 23.3 Å². The van der Waals surface area contributed by atoms with Gasteiger partial charge < -0.3 is 10.2 Å². The summed E-state index contributed by atoms with van der Waals surface area (Å²) < 4.78 is 0. The van der Waals surface area contributed by atoms with E-state index in [1.165, 1.54) is 44.1 Å². The maximum Gasteiger partial charge on any atom is 0.0615 e.